The van der Waals surface area contributed by atoms with Crippen LogP contribution >= 0.6 is 11.6 Å². The molecule has 1 heterocycles. The zero-order chi connectivity index (χ0) is 8.43. The van der Waals surface area contributed by atoms with Crippen LogP contribution in [0.5, 0.6) is 0 Å². The summed E-state index contributed by atoms with van der Waals surface area (Å²) in [5.41, 5.74) is 1.15. The minimum Gasteiger partial charge on any atom is -0.294 e. The van der Waals surface area contributed by atoms with Crippen LogP contribution in [-0.2, 0) is 0 Å². The molecule has 0 amide bonds. The number of nitrogens with zero attached hydrogens (tertiary/aromatic N) is 2. The van der Waals surface area contributed by atoms with E-state index in [1.165, 1.54) is 13.1 Å². The van der Waals surface area contributed by atoms with Crippen molar-refractivity contribution in [2.45, 2.75) is 13.8 Å². The Bertz CT molecular complexity index is 298. The quantitative estimate of drug-likeness (QED) is 0.475. The normalized spacial score (nSPS) is 9.73. The van der Waals surface area contributed by atoms with E-state index in [0.717, 1.165) is 0 Å². The van der Waals surface area contributed by atoms with Crippen LogP contribution in [0.25, 0.3) is 0 Å². The Morgan fingerprint density at radius 1 is 1.64 bits per heavy atom. The summed E-state index contributed by atoms with van der Waals surface area (Å²) in [5, 5.41) is 0.174. The Labute approximate surface area is 69.4 Å². The van der Waals surface area contributed by atoms with Crippen LogP contribution in [0, 0.1) is 6.92 Å². The topological polar surface area (TPSA) is 42.9 Å². The Hall–Kier alpha value is -0.960. The van der Waals surface area contributed by atoms with Crippen LogP contribution < -0.4 is 0 Å². The molecule has 0 aliphatic carbocycles. The number of aryl methyl sites for hydroxylation is 1. The molecule has 0 aliphatic rings. The van der Waals surface area contributed by atoms with Gasteiger partial charge in [-0.15, -0.1) is 0 Å². The monoisotopic (exact) mass is 170 g/mol. The first kappa shape index (κ1) is 8.14. The molecule has 0 aliphatic heterocycles. The molecule has 0 saturated heterocycles. The van der Waals surface area contributed by atoms with E-state index < -0.39 is 0 Å². The number of rotatable bonds is 1. The summed E-state index contributed by atoms with van der Waals surface area (Å²) in [6.45, 7) is 3.20. The third-order valence-electron chi connectivity index (χ3n) is 1.33. The summed E-state index contributed by atoms with van der Waals surface area (Å²) in [7, 11) is 0. The summed E-state index contributed by atoms with van der Waals surface area (Å²) in [6, 6.07) is 0. The SMILES string of the molecule is CC(=O)c1cnc(Cl)nc1C. The van der Waals surface area contributed by atoms with Gasteiger partial charge in [0.1, 0.15) is 0 Å². The zero-order valence-electron chi connectivity index (χ0n) is 6.26. The van der Waals surface area contributed by atoms with Crippen molar-refractivity contribution in [1.29, 1.82) is 0 Å². The number of carbonyl (C=O) groups is 1. The molecule has 3 nitrogen and oxygen atoms in total. The summed E-state index contributed by atoms with van der Waals surface area (Å²) < 4.78 is 0. The first-order chi connectivity index (χ1) is 5.11. The molecule has 1 aromatic rings. The average Bonchev–Trinajstić information content (AvgIpc) is 1.85. The van der Waals surface area contributed by atoms with Gasteiger partial charge in [0.25, 0.3) is 0 Å². The first-order valence-electron chi connectivity index (χ1n) is 3.11. The third kappa shape index (κ3) is 1.74. The molecule has 0 atom stereocenters. The maximum absolute atomic E-state index is 10.9. The van der Waals surface area contributed by atoms with E-state index in [-0.39, 0.29) is 11.1 Å². The van der Waals surface area contributed by atoms with Gasteiger partial charge in [0.15, 0.2) is 5.78 Å². The van der Waals surface area contributed by atoms with Gasteiger partial charge in [-0.2, -0.15) is 0 Å². The minimum atomic E-state index is -0.0424. The fourth-order valence-electron chi connectivity index (χ4n) is 0.784. The van der Waals surface area contributed by atoms with E-state index in [1.54, 1.807) is 6.92 Å². The largest absolute Gasteiger partial charge is 0.294 e. The van der Waals surface area contributed by atoms with Gasteiger partial charge in [-0.05, 0) is 25.4 Å². The predicted octanol–water partition coefficient (Wildman–Crippen LogP) is 1.64. The molecule has 0 fully saturated rings. The van der Waals surface area contributed by atoms with Crippen molar-refractivity contribution in [3.8, 4) is 0 Å². The maximum Gasteiger partial charge on any atom is 0.222 e. The molecule has 4 heteroatoms. The highest BCUT2D eigenvalue weighted by Crippen LogP contribution is 2.07. The number of hydrogen-bond acceptors (Lipinski definition) is 3. The molecule has 0 aromatic carbocycles. The lowest BCUT2D eigenvalue weighted by molar-refractivity contribution is 0.101. The fourth-order valence-corrected chi connectivity index (χ4v) is 0.960. The Kier molecular flexibility index (Phi) is 2.19. The van der Waals surface area contributed by atoms with Crippen LogP contribution in [0.3, 0.4) is 0 Å². The van der Waals surface area contributed by atoms with Crippen molar-refractivity contribution in [2.75, 3.05) is 0 Å². The molecule has 0 spiro atoms. The van der Waals surface area contributed by atoms with Crippen molar-refractivity contribution in [3.05, 3.63) is 22.7 Å². The lowest BCUT2D eigenvalue weighted by Gasteiger charge is -1.98. The Morgan fingerprint density at radius 3 is 2.73 bits per heavy atom. The van der Waals surface area contributed by atoms with Crippen LogP contribution in [0.2, 0.25) is 5.28 Å². The number of ketones is 1. The van der Waals surface area contributed by atoms with Crippen molar-refractivity contribution < 1.29 is 4.79 Å². The van der Waals surface area contributed by atoms with E-state index in [2.05, 4.69) is 9.97 Å². The molecule has 11 heavy (non-hydrogen) atoms. The second-order valence-electron chi connectivity index (χ2n) is 2.19. The van der Waals surface area contributed by atoms with Gasteiger partial charge in [-0.3, -0.25) is 4.79 Å². The van der Waals surface area contributed by atoms with Gasteiger partial charge in [-0.25, -0.2) is 9.97 Å². The molecule has 58 valence electrons. The van der Waals surface area contributed by atoms with Crippen molar-refractivity contribution >= 4 is 17.4 Å². The summed E-state index contributed by atoms with van der Waals surface area (Å²) in [5.74, 6) is -0.0424. The standard InChI is InChI=1S/C7H7ClN2O/c1-4-6(5(2)11)3-9-7(8)10-4/h3H,1-2H3. The highest BCUT2D eigenvalue weighted by Gasteiger charge is 2.05. The smallest absolute Gasteiger partial charge is 0.222 e. The van der Waals surface area contributed by atoms with Gasteiger partial charge < -0.3 is 0 Å². The summed E-state index contributed by atoms with van der Waals surface area (Å²) >= 11 is 5.49. The number of hydrogen-bond donors (Lipinski definition) is 0. The number of halogens is 1. The Balaban J connectivity index is 3.20. The lowest BCUT2D eigenvalue weighted by Crippen LogP contribution is -1.99. The van der Waals surface area contributed by atoms with E-state index >= 15 is 0 Å². The third-order valence-corrected chi connectivity index (χ3v) is 1.51. The lowest BCUT2D eigenvalue weighted by atomic mass is 10.2. The van der Waals surface area contributed by atoms with Crippen molar-refractivity contribution in [2.24, 2.45) is 0 Å². The highest BCUT2D eigenvalue weighted by molar-refractivity contribution is 6.28. The van der Waals surface area contributed by atoms with Crippen molar-refractivity contribution in [1.82, 2.24) is 9.97 Å². The molecule has 0 radical (unpaired) electrons. The minimum absolute atomic E-state index is 0.0424. The number of Topliss-reactive ketones (excluding diaryl/α,β-unsaturated/α-hetero) is 1. The highest BCUT2D eigenvalue weighted by atomic mass is 35.5. The number of aromatic nitrogens is 2. The Morgan fingerprint density at radius 2 is 2.27 bits per heavy atom. The van der Waals surface area contributed by atoms with Crippen molar-refractivity contribution in [3.63, 3.8) is 0 Å². The van der Waals surface area contributed by atoms with Gasteiger partial charge in [0.05, 0.1) is 11.3 Å². The summed E-state index contributed by atoms with van der Waals surface area (Å²) in [4.78, 5) is 18.4. The predicted molar refractivity (Wildman–Crippen MR) is 41.8 cm³/mol. The molecule has 0 N–H and O–H groups in total. The van der Waals surface area contributed by atoms with Gasteiger partial charge in [0.2, 0.25) is 5.28 Å². The average molecular weight is 171 g/mol. The molecule has 1 aromatic heterocycles. The van der Waals surface area contributed by atoms with Crippen LogP contribution in [0.1, 0.15) is 23.0 Å². The second-order valence-corrected chi connectivity index (χ2v) is 2.53. The molecule has 0 saturated carbocycles. The molecular formula is C7H7ClN2O. The summed E-state index contributed by atoms with van der Waals surface area (Å²) in [6.07, 6.45) is 1.44. The van der Waals surface area contributed by atoms with Crippen LogP contribution in [0.15, 0.2) is 6.20 Å². The van der Waals surface area contributed by atoms with Crippen LogP contribution in [-0.4, -0.2) is 15.8 Å². The van der Waals surface area contributed by atoms with Crippen LogP contribution in [0.4, 0.5) is 0 Å². The van der Waals surface area contributed by atoms with E-state index in [1.807, 2.05) is 0 Å². The van der Waals surface area contributed by atoms with Gasteiger partial charge in [-0.1, -0.05) is 0 Å². The molecule has 0 bridgehead atoms. The van der Waals surface area contributed by atoms with Gasteiger partial charge >= 0.3 is 0 Å². The van der Waals surface area contributed by atoms with E-state index in [4.69, 9.17) is 11.6 Å². The fraction of sp³-hybridized carbons (Fsp3) is 0.286. The van der Waals surface area contributed by atoms with E-state index in [0.29, 0.717) is 11.3 Å². The molecule has 1 rings (SSSR count). The van der Waals surface area contributed by atoms with E-state index in [9.17, 15) is 4.79 Å². The van der Waals surface area contributed by atoms with Gasteiger partial charge in [0, 0.05) is 6.20 Å². The second kappa shape index (κ2) is 2.96. The molecule has 0 unspecified atom stereocenters. The molecular weight excluding hydrogens is 164 g/mol. The maximum atomic E-state index is 10.9. The zero-order valence-corrected chi connectivity index (χ0v) is 7.01. The first-order valence-corrected chi connectivity index (χ1v) is 3.49. The number of carbonyl (C=O) groups excluding carboxylic acids is 1.